The lowest BCUT2D eigenvalue weighted by molar-refractivity contribution is 0.466. The maximum absolute atomic E-state index is 12.1. The quantitative estimate of drug-likeness (QED) is 0.561. The second-order valence-electron chi connectivity index (χ2n) is 4.82. The first-order chi connectivity index (χ1) is 10.6. The van der Waals surface area contributed by atoms with Crippen LogP contribution < -0.4 is 5.63 Å². The summed E-state index contributed by atoms with van der Waals surface area (Å²) in [4.78, 5) is 16.4. The lowest BCUT2D eigenvalue weighted by atomic mass is 10.1. The molecule has 0 amide bonds. The summed E-state index contributed by atoms with van der Waals surface area (Å²) >= 11 is 0. The van der Waals surface area contributed by atoms with Gasteiger partial charge in [-0.1, -0.05) is 12.1 Å². The van der Waals surface area contributed by atoms with Crippen molar-refractivity contribution in [2.45, 2.75) is 6.92 Å². The molecule has 0 radical (unpaired) electrons. The Kier molecular flexibility index (Phi) is 3.39. The molecule has 1 aromatic heterocycles. The van der Waals surface area contributed by atoms with Gasteiger partial charge in [-0.05, 0) is 43.3 Å². The van der Waals surface area contributed by atoms with Crippen LogP contribution in [0, 0.1) is 0 Å². The summed E-state index contributed by atoms with van der Waals surface area (Å²) in [6.07, 6.45) is 0. The SMILES string of the molecule is CC(=Nc1ccc(O)cc1)c1c(O)c2ccccc2oc1=O. The van der Waals surface area contributed by atoms with E-state index in [9.17, 15) is 15.0 Å². The molecule has 0 spiro atoms. The van der Waals surface area contributed by atoms with Crippen molar-refractivity contribution in [2.24, 2.45) is 4.99 Å². The molecule has 0 bridgehead atoms. The van der Waals surface area contributed by atoms with Crippen LogP contribution in [0.1, 0.15) is 12.5 Å². The Hall–Kier alpha value is -3.08. The highest BCUT2D eigenvalue weighted by Crippen LogP contribution is 2.27. The van der Waals surface area contributed by atoms with Gasteiger partial charge in [0.15, 0.2) is 0 Å². The molecule has 110 valence electrons. The van der Waals surface area contributed by atoms with Crippen molar-refractivity contribution in [1.29, 1.82) is 0 Å². The van der Waals surface area contributed by atoms with Gasteiger partial charge in [-0.15, -0.1) is 0 Å². The fraction of sp³-hybridized carbons (Fsp3) is 0.0588. The van der Waals surface area contributed by atoms with Gasteiger partial charge in [0, 0.05) is 0 Å². The first-order valence-electron chi connectivity index (χ1n) is 6.66. The predicted octanol–water partition coefficient (Wildman–Crippen LogP) is 3.34. The van der Waals surface area contributed by atoms with Crippen LogP contribution in [0.25, 0.3) is 11.0 Å². The van der Waals surface area contributed by atoms with E-state index in [2.05, 4.69) is 4.99 Å². The maximum Gasteiger partial charge on any atom is 0.349 e. The molecule has 3 aromatic rings. The number of hydrogen-bond acceptors (Lipinski definition) is 5. The van der Waals surface area contributed by atoms with Crippen LogP contribution in [0.5, 0.6) is 11.5 Å². The summed E-state index contributed by atoms with van der Waals surface area (Å²) < 4.78 is 5.22. The van der Waals surface area contributed by atoms with Crippen LogP contribution in [0.15, 0.2) is 62.7 Å². The van der Waals surface area contributed by atoms with Crippen LogP contribution in [0.4, 0.5) is 5.69 Å². The molecule has 0 aliphatic heterocycles. The first-order valence-corrected chi connectivity index (χ1v) is 6.66. The third-order valence-corrected chi connectivity index (χ3v) is 3.29. The van der Waals surface area contributed by atoms with E-state index in [4.69, 9.17) is 4.42 Å². The number of aromatic hydroxyl groups is 2. The van der Waals surface area contributed by atoms with Crippen molar-refractivity contribution < 1.29 is 14.6 Å². The van der Waals surface area contributed by atoms with E-state index in [1.807, 2.05) is 0 Å². The molecule has 0 saturated heterocycles. The standard InChI is InChI=1S/C17H13NO4/c1-10(18-11-6-8-12(19)9-7-11)15-16(20)13-4-2-3-5-14(13)22-17(15)21/h2-9,19-20H,1H3. The van der Waals surface area contributed by atoms with Crippen molar-refractivity contribution in [3.63, 3.8) is 0 Å². The van der Waals surface area contributed by atoms with Crippen molar-refractivity contribution in [3.05, 3.63) is 64.5 Å². The smallest absolute Gasteiger partial charge is 0.349 e. The third-order valence-electron chi connectivity index (χ3n) is 3.29. The number of fused-ring (bicyclic) bond motifs is 1. The first kappa shape index (κ1) is 13.9. The van der Waals surface area contributed by atoms with Crippen molar-refractivity contribution in [3.8, 4) is 11.5 Å². The number of phenols is 1. The Morgan fingerprint density at radius 1 is 1.05 bits per heavy atom. The molecule has 0 atom stereocenters. The van der Waals surface area contributed by atoms with Crippen molar-refractivity contribution >= 4 is 22.4 Å². The van der Waals surface area contributed by atoms with E-state index in [-0.39, 0.29) is 17.1 Å². The van der Waals surface area contributed by atoms with E-state index in [1.54, 1.807) is 43.3 Å². The Balaban J connectivity index is 2.17. The van der Waals surface area contributed by atoms with Gasteiger partial charge in [0.05, 0.1) is 16.8 Å². The topological polar surface area (TPSA) is 83.0 Å². The Morgan fingerprint density at radius 3 is 2.45 bits per heavy atom. The molecule has 3 rings (SSSR count). The summed E-state index contributed by atoms with van der Waals surface area (Å²) in [5.41, 5.74) is 0.610. The van der Waals surface area contributed by atoms with Crippen LogP contribution in [-0.4, -0.2) is 15.9 Å². The second-order valence-corrected chi connectivity index (χ2v) is 4.82. The highest BCUT2D eigenvalue weighted by Gasteiger charge is 2.16. The zero-order chi connectivity index (χ0) is 15.7. The van der Waals surface area contributed by atoms with Gasteiger partial charge in [-0.2, -0.15) is 0 Å². The van der Waals surface area contributed by atoms with Crippen LogP contribution in [-0.2, 0) is 0 Å². The lowest BCUT2D eigenvalue weighted by Crippen LogP contribution is -2.12. The van der Waals surface area contributed by atoms with Gasteiger partial charge in [0.1, 0.15) is 22.6 Å². The number of nitrogens with zero attached hydrogens (tertiary/aromatic N) is 1. The van der Waals surface area contributed by atoms with Gasteiger partial charge in [0.2, 0.25) is 0 Å². The van der Waals surface area contributed by atoms with Gasteiger partial charge < -0.3 is 14.6 Å². The fourth-order valence-electron chi connectivity index (χ4n) is 2.23. The second kappa shape index (κ2) is 5.37. The van der Waals surface area contributed by atoms with Gasteiger partial charge in [-0.25, -0.2) is 4.79 Å². The molecule has 0 saturated carbocycles. The number of rotatable bonds is 2. The van der Waals surface area contributed by atoms with E-state index in [0.717, 1.165) is 0 Å². The largest absolute Gasteiger partial charge is 0.508 e. The van der Waals surface area contributed by atoms with E-state index >= 15 is 0 Å². The van der Waals surface area contributed by atoms with E-state index in [0.29, 0.717) is 22.4 Å². The van der Waals surface area contributed by atoms with Gasteiger partial charge in [-0.3, -0.25) is 4.99 Å². The normalized spacial score (nSPS) is 11.8. The molecule has 0 unspecified atom stereocenters. The molecular weight excluding hydrogens is 282 g/mol. The zero-order valence-electron chi connectivity index (χ0n) is 11.8. The summed E-state index contributed by atoms with van der Waals surface area (Å²) in [5, 5.41) is 20.1. The predicted molar refractivity (Wildman–Crippen MR) is 84.1 cm³/mol. The third kappa shape index (κ3) is 2.44. The van der Waals surface area contributed by atoms with Gasteiger partial charge >= 0.3 is 5.63 Å². The average molecular weight is 295 g/mol. The highest BCUT2D eigenvalue weighted by atomic mass is 16.4. The minimum Gasteiger partial charge on any atom is -0.508 e. The summed E-state index contributed by atoms with van der Waals surface area (Å²) in [7, 11) is 0. The summed E-state index contributed by atoms with van der Waals surface area (Å²) in [6.45, 7) is 1.62. The number of para-hydroxylation sites is 1. The van der Waals surface area contributed by atoms with E-state index in [1.165, 1.54) is 12.1 Å². The van der Waals surface area contributed by atoms with Gasteiger partial charge in [0.25, 0.3) is 0 Å². The van der Waals surface area contributed by atoms with Crippen molar-refractivity contribution in [1.82, 2.24) is 0 Å². The zero-order valence-corrected chi connectivity index (χ0v) is 11.8. The molecule has 1 heterocycles. The Bertz CT molecular complexity index is 924. The van der Waals surface area contributed by atoms with Crippen LogP contribution in [0.3, 0.4) is 0 Å². The monoisotopic (exact) mass is 295 g/mol. The number of aliphatic imine (C=N–C) groups is 1. The molecule has 0 aliphatic carbocycles. The van der Waals surface area contributed by atoms with E-state index < -0.39 is 5.63 Å². The number of phenolic OH excluding ortho intramolecular Hbond substituents is 1. The minimum absolute atomic E-state index is 0.0341. The van der Waals surface area contributed by atoms with Crippen LogP contribution >= 0.6 is 0 Å². The van der Waals surface area contributed by atoms with Crippen molar-refractivity contribution in [2.75, 3.05) is 0 Å². The fourth-order valence-corrected chi connectivity index (χ4v) is 2.23. The average Bonchev–Trinajstić information content (AvgIpc) is 2.49. The molecular formula is C17H13NO4. The highest BCUT2D eigenvalue weighted by molar-refractivity contribution is 6.05. The Labute approximate surface area is 125 Å². The molecule has 22 heavy (non-hydrogen) atoms. The number of hydrogen-bond donors (Lipinski definition) is 2. The summed E-state index contributed by atoms with van der Waals surface area (Å²) in [5.74, 6) is -0.0171. The molecule has 5 heteroatoms. The number of benzene rings is 2. The lowest BCUT2D eigenvalue weighted by Gasteiger charge is -2.06. The molecule has 2 N–H and O–H groups in total. The molecule has 5 nitrogen and oxygen atoms in total. The molecule has 0 aliphatic rings. The summed E-state index contributed by atoms with van der Waals surface area (Å²) in [6, 6.07) is 13.0. The molecule has 0 fully saturated rings. The Morgan fingerprint density at radius 2 is 1.73 bits per heavy atom. The molecule has 2 aromatic carbocycles. The maximum atomic E-state index is 12.1. The minimum atomic E-state index is -0.642. The van der Waals surface area contributed by atoms with Crippen LogP contribution in [0.2, 0.25) is 0 Å².